The molecular weight excluding hydrogens is 304 g/mol. The van der Waals surface area contributed by atoms with Crippen molar-refractivity contribution in [2.45, 2.75) is 51.9 Å². The second-order valence-corrected chi connectivity index (χ2v) is 6.87. The Kier molecular flexibility index (Phi) is 7.27. The molecule has 2 N–H and O–H groups in total. The normalized spacial score (nSPS) is 12.2. The van der Waals surface area contributed by atoms with Gasteiger partial charge >= 0.3 is 0 Å². The number of thiazole rings is 1. The van der Waals surface area contributed by atoms with E-state index in [1.165, 1.54) is 25.7 Å². The van der Waals surface area contributed by atoms with Crippen LogP contribution in [0.1, 0.15) is 51.1 Å². The summed E-state index contributed by atoms with van der Waals surface area (Å²) >= 11 is 1.63. The largest absolute Gasteiger partial charge is 0.369 e. The third-order valence-corrected chi connectivity index (χ3v) is 5.03. The van der Waals surface area contributed by atoms with Gasteiger partial charge in [-0.1, -0.05) is 69.4 Å². The molecule has 0 spiro atoms. The third-order valence-electron chi connectivity index (χ3n) is 4.09. The molecule has 1 aromatic heterocycles. The molecule has 1 atom stereocenters. The van der Waals surface area contributed by atoms with Crippen molar-refractivity contribution in [3.8, 4) is 10.6 Å². The van der Waals surface area contributed by atoms with Crippen molar-refractivity contribution in [2.75, 3.05) is 0 Å². The van der Waals surface area contributed by atoms with Gasteiger partial charge in [0.2, 0.25) is 5.91 Å². The number of rotatable bonds is 10. The van der Waals surface area contributed by atoms with Crippen molar-refractivity contribution >= 4 is 17.2 Å². The molecule has 1 heterocycles. The molecule has 23 heavy (non-hydrogen) atoms. The van der Waals surface area contributed by atoms with E-state index in [2.05, 4.69) is 29.4 Å². The highest BCUT2D eigenvalue weighted by Crippen LogP contribution is 2.25. The minimum Gasteiger partial charge on any atom is -0.369 e. The number of amides is 1. The Morgan fingerprint density at radius 1 is 1.17 bits per heavy atom. The van der Waals surface area contributed by atoms with Gasteiger partial charge in [-0.2, -0.15) is 0 Å². The van der Waals surface area contributed by atoms with E-state index in [9.17, 15) is 4.79 Å². The van der Waals surface area contributed by atoms with Crippen molar-refractivity contribution in [3.05, 3.63) is 41.4 Å². The average Bonchev–Trinajstić information content (AvgIpc) is 3.03. The Bertz CT molecular complexity index is 594. The summed E-state index contributed by atoms with van der Waals surface area (Å²) in [6, 6.07) is 10.1. The number of carbonyl (C=O) groups excluding carboxylic acids is 1. The molecule has 0 aliphatic heterocycles. The first-order chi connectivity index (χ1) is 11.2. The van der Waals surface area contributed by atoms with Gasteiger partial charge in [0.15, 0.2) is 0 Å². The molecule has 0 saturated heterocycles. The number of hydrogen-bond donors (Lipinski definition) is 1. The van der Waals surface area contributed by atoms with Crippen LogP contribution in [0.25, 0.3) is 10.6 Å². The monoisotopic (exact) mass is 330 g/mol. The first-order valence-electron chi connectivity index (χ1n) is 8.50. The molecule has 1 aromatic carbocycles. The van der Waals surface area contributed by atoms with Crippen LogP contribution in [-0.2, 0) is 11.2 Å². The van der Waals surface area contributed by atoms with Crippen LogP contribution in [0.4, 0.5) is 0 Å². The summed E-state index contributed by atoms with van der Waals surface area (Å²) in [5.74, 6) is -0.294. The number of carbonyl (C=O) groups is 1. The van der Waals surface area contributed by atoms with Crippen molar-refractivity contribution in [2.24, 2.45) is 11.7 Å². The minimum absolute atomic E-state index is 0.0950. The third kappa shape index (κ3) is 5.79. The summed E-state index contributed by atoms with van der Waals surface area (Å²) in [6.07, 6.45) is 7.54. The van der Waals surface area contributed by atoms with E-state index >= 15 is 0 Å². The van der Waals surface area contributed by atoms with E-state index in [0.717, 1.165) is 29.1 Å². The zero-order chi connectivity index (χ0) is 16.5. The molecule has 4 heteroatoms. The summed E-state index contributed by atoms with van der Waals surface area (Å²) in [4.78, 5) is 16.4. The van der Waals surface area contributed by atoms with Gasteiger partial charge in [-0.25, -0.2) is 4.98 Å². The maximum Gasteiger partial charge on any atom is 0.220 e. The van der Waals surface area contributed by atoms with Gasteiger partial charge in [-0.05, 0) is 6.42 Å². The lowest BCUT2D eigenvalue weighted by Gasteiger charge is -2.11. The molecule has 2 rings (SSSR count). The number of aromatic nitrogens is 1. The first kappa shape index (κ1) is 17.7. The van der Waals surface area contributed by atoms with Gasteiger partial charge in [0.25, 0.3) is 0 Å². The zero-order valence-electron chi connectivity index (χ0n) is 13.8. The minimum atomic E-state index is -0.199. The van der Waals surface area contributed by atoms with Gasteiger partial charge in [0.05, 0.1) is 5.69 Å². The van der Waals surface area contributed by atoms with E-state index in [1.807, 2.05) is 18.2 Å². The lowest BCUT2D eigenvalue weighted by Crippen LogP contribution is -2.25. The van der Waals surface area contributed by atoms with E-state index in [1.54, 1.807) is 11.3 Å². The highest BCUT2D eigenvalue weighted by Gasteiger charge is 2.17. The van der Waals surface area contributed by atoms with Crippen LogP contribution in [0.5, 0.6) is 0 Å². The molecule has 0 aliphatic carbocycles. The van der Waals surface area contributed by atoms with Crippen LogP contribution in [0, 0.1) is 5.92 Å². The zero-order valence-corrected chi connectivity index (χ0v) is 14.6. The van der Waals surface area contributed by atoms with Crippen molar-refractivity contribution in [1.29, 1.82) is 0 Å². The SMILES string of the molecule is CCCCCCCC(Cc1csc(-c2ccccc2)n1)C(N)=O. The highest BCUT2D eigenvalue weighted by molar-refractivity contribution is 7.13. The maximum absolute atomic E-state index is 11.7. The van der Waals surface area contributed by atoms with Crippen molar-refractivity contribution in [3.63, 3.8) is 0 Å². The fourth-order valence-corrected chi connectivity index (χ4v) is 3.54. The van der Waals surface area contributed by atoms with Crippen LogP contribution < -0.4 is 5.73 Å². The Hall–Kier alpha value is -1.68. The van der Waals surface area contributed by atoms with E-state index in [4.69, 9.17) is 5.73 Å². The molecule has 0 bridgehead atoms. The van der Waals surface area contributed by atoms with Gasteiger partial charge in [-0.3, -0.25) is 4.79 Å². The molecule has 124 valence electrons. The van der Waals surface area contributed by atoms with Crippen molar-refractivity contribution in [1.82, 2.24) is 4.98 Å². The van der Waals surface area contributed by atoms with E-state index < -0.39 is 0 Å². The second-order valence-electron chi connectivity index (χ2n) is 6.02. The fraction of sp³-hybridized carbons (Fsp3) is 0.474. The van der Waals surface area contributed by atoms with E-state index in [0.29, 0.717) is 6.42 Å². The maximum atomic E-state index is 11.7. The molecule has 0 aliphatic rings. The molecule has 0 saturated carbocycles. The molecule has 3 nitrogen and oxygen atoms in total. The van der Waals surface area contributed by atoms with Crippen LogP contribution in [-0.4, -0.2) is 10.9 Å². The molecular formula is C19H26N2OS. The summed E-state index contributed by atoms with van der Waals surface area (Å²) in [5.41, 5.74) is 7.68. The Labute approximate surface area is 142 Å². The summed E-state index contributed by atoms with van der Waals surface area (Å²) in [7, 11) is 0. The van der Waals surface area contributed by atoms with Gasteiger partial charge in [0.1, 0.15) is 5.01 Å². The number of primary amides is 1. The number of unbranched alkanes of at least 4 members (excludes halogenated alkanes) is 4. The van der Waals surface area contributed by atoms with Gasteiger partial charge in [0, 0.05) is 23.3 Å². The Morgan fingerprint density at radius 3 is 2.61 bits per heavy atom. The average molecular weight is 330 g/mol. The highest BCUT2D eigenvalue weighted by atomic mass is 32.1. The quantitative estimate of drug-likeness (QED) is 0.635. The predicted octanol–water partition coefficient (Wildman–Crippen LogP) is 4.81. The Morgan fingerprint density at radius 2 is 1.91 bits per heavy atom. The van der Waals surface area contributed by atoms with E-state index in [-0.39, 0.29) is 11.8 Å². The smallest absolute Gasteiger partial charge is 0.220 e. The Balaban J connectivity index is 1.90. The lowest BCUT2D eigenvalue weighted by atomic mass is 9.95. The summed E-state index contributed by atoms with van der Waals surface area (Å²) in [5, 5.41) is 3.06. The molecule has 1 amide bonds. The first-order valence-corrected chi connectivity index (χ1v) is 9.37. The second kappa shape index (κ2) is 9.46. The molecule has 0 radical (unpaired) electrons. The summed E-state index contributed by atoms with van der Waals surface area (Å²) < 4.78 is 0. The number of nitrogens with zero attached hydrogens (tertiary/aromatic N) is 1. The van der Waals surface area contributed by atoms with Crippen molar-refractivity contribution < 1.29 is 4.79 Å². The predicted molar refractivity (Wildman–Crippen MR) is 97.3 cm³/mol. The van der Waals surface area contributed by atoms with Gasteiger partial charge in [-0.15, -0.1) is 11.3 Å². The van der Waals surface area contributed by atoms with Crippen LogP contribution in [0.2, 0.25) is 0 Å². The number of nitrogens with two attached hydrogens (primary N) is 1. The van der Waals surface area contributed by atoms with Crippen LogP contribution in [0.15, 0.2) is 35.7 Å². The molecule has 2 aromatic rings. The summed E-state index contributed by atoms with van der Waals surface area (Å²) in [6.45, 7) is 2.21. The standard InChI is InChI=1S/C19H26N2OS/c1-2-3-4-5-7-12-16(18(20)22)13-17-14-23-19(21-17)15-10-8-6-9-11-15/h6,8-11,14,16H,2-5,7,12-13H2,1H3,(H2,20,22). The number of benzene rings is 1. The molecule has 1 unspecified atom stereocenters. The molecule has 0 fully saturated rings. The van der Waals surface area contributed by atoms with Crippen LogP contribution >= 0.6 is 11.3 Å². The van der Waals surface area contributed by atoms with Crippen LogP contribution in [0.3, 0.4) is 0 Å². The lowest BCUT2D eigenvalue weighted by molar-refractivity contribution is -0.122. The topological polar surface area (TPSA) is 56.0 Å². The fourth-order valence-electron chi connectivity index (χ4n) is 2.71. The number of hydrogen-bond acceptors (Lipinski definition) is 3. The van der Waals surface area contributed by atoms with Gasteiger partial charge < -0.3 is 5.73 Å².